The van der Waals surface area contributed by atoms with Crippen LogP contribution in [0.3, 0.4) is 0 Å². The van der Waals surface area contributed by atoms with Crippen molar-refractivity contribution in [3.8, 4) is 0 Å². The van der Waals surface area contributed by atoms with Crippen molar-refractivity contribution >= 4 is 40.1 Å². The zero-order valence-corrected chi connectivity index (χ0v) is 33.5. The summed E-state index contributed by atoms with van der Waals surface area (Å²) in [7, 11) is 0. The lowest BCUT2D eigenvalue weighted by atomic mass is 9.99. The largest absolute Gasteiger partial charge is 0.461 e. The van der Waals surface area contributed by atoms with Gasteiger partial charge in [0.25, 0.3) is 0 Å². The van der Waals surface area contributed by atoms with Crippen LogP contribution in [0.4, 0.5) is 11.4 Å². The Bertz CT molecular complexity index is 2480. The van der Waals surface area contributed by atoms with Gasteiger partial charge in [0, 0.05) is 11.0 Å². The monoisotopic (exact) mass is 843 g/mol. The van der Waals surface area contributed by atoms with Crippen LogP contribution in [0.2, 0.25) is 0 Å². The van der Waals surface area contributed by atoms with Crippen LogP contribution in [0.15, 0.2) is 149 Å². The lowest BCUT2D eigenvalue weighted by Crippen LogP contribution is -2.60. The van der Waals surface area contributed by atoms with Crippen molar-refractivity contribution in [2.75, 3.05) is 11.9 Å². The normalized spacial score (nSPS) is 18.8. The number of hydrogen-bond donors (Lipinski definition) is 1. The molecule has 5 aromatic carbocycles. The van der Waals surface area contributed by atoms with E-state index in [-0.39, 0.29) is 49.6 Å². The molecule has 8 rings (SSSR count). The number of rotatable bonds is 19. The predicted octanol–water partition coefficient (Wildman–Crippen LogP) is 7.15. The van der Waals surface area contributed by atoms with E-state index in [9.17, 15) is 14.9 Å². The van der Waals surface area contributed by atoms with E-state index in [2.05, 4.69) is 25.9 Å². The van der Waals surface area contributed by atoms with Gasteiger partial charge in [-0.25, -0.2) is 9.31 Å². The molecule has 1 N–H and O–H groups in total. The summed E-state index contributed by atoms with van der Waals surface area (Å²) in [5, 5.41) is 30.2. The Labute approximate surface area is 354 Å². The summed E-state index contributed by atoms with van der Waals surface area (Å²) in [6, 6.07) is 42.4. The summed E-state index contributed by atoms with van der Waals surface area (Å²) in [6.45, 7) is 0.631. The number of benzene rings is 5. The molecule has 16 nitrogen and oxygen atoms in total. The fourth-order valence-corrected chi connectivity index (χ4v) is 7.94. The number of nitro groups is 1. The molecule has 1 aliphatic heterocycles. The summed E-state index contributed by atoms with van der Waals surface area (Å²) in [6.07, 6.45) is -1.14. The third-order valence-corrected chi connectivity index (χ3v) is 10.9. The van der Waals surface area contributed by atoms with Gasteiger partial charge in [0.15, 0.2) is 5.52 Å². The van der Waals surface area contributed by atoms with Crippen molar-refractivity contribution in [3.05, 3.63) is 172 Å². The number of carbonyl (C=O) groups excluding carboxylic acids is 1. The van der Waals surface area contributed by atoms with Gasteiger partial charge >= 0.3 is 11.7 Å². The van der Waals surface area contributed by atoms with Gasteiger partial charge in [-0.3, -0.25) is 14.9 Å². The summed E-state index contributed by atoms with van der Waals surface area (Å²) in [5.41, 5.74) is 3.28. The Kier molecular flexibility index (Phi) is 13.6. The zero-order valence-electron chi connectivity index (χ0n) is 32.7. The van der Waals surface area contributed by atoms with E-state index >= 15 is 0 Å². The number of non-ortho nitro benzene ring substituents is 1. The minimum absolute atomic E-state index is 0.0188. The predicted molar refractivity (Wildman–Crippen MR) is 223 cm³/mol. The first-order valence-corrected chi connectivity index (χ1v) is 20.4. The number of esters is 1. The van der Waals surface area contributed by atoms with Crippen molar-refractivity contribution in [1.82, 2.24) is 25.3 Å². The van der Waals surface area contributed by atoms with Crippen molar-refractivity contribution in [3.63, 3.8) is 0 Å². The van der Waals surface area contributed by atoms with Crippen LogP contribution in [0, 0.1) is 10.1 Å². The minimum Gasteiger partial charge on any atom is -0.461 e. The molecular formula is C44H41N7O9S. The number of nitro benzene ring substituents is 1. The standard InChI is InChI=1S/C44H41N7O9S/c52-38(25-50-24-33(46-49-50)23-45-35-21-22-36(51(53)54)40-39(35)47-60-48-40)55-29-37-41(56-26-30-13-5-1-6-14-30)42(57-27-31-15-7-2-8-16-31)43(58-28-32-17-9-3-10-18-32)44(59-37)61-34-19-11-4-12-20-34/h1-22,24,37,41-45H,23,25-29H2/t37-,41-,42+,43-,44+/m1/s1. The van der Waals surface area contributed by atoms with Gasteiger partial charge < -0.3 is 29.0 Å². The fraction of sp³-hybridized carbons (Fsp3) is 0.250. The molecule has 312 valence electrons. The maximum atomic E-state index is 13.5. The zero-order chi connectivity index (χ0) is 41.8. The number of nitrogens with one attached hydrogen (secondary N) is 1. The molecule has 0 bridgehead atoms. The SMILES string of the molecule is O=C(Cn1cc(CNc2ccc([N+](=O)[O-])c3nonc23)nn1)OC[C@H]1O[C@@H](Sc2ccccc2)[C@H](OCc2ccccc2)[C@@H](OCc2ccccc2)[C@@H]1OCc1ccccc1. The first-order valence-electron chi connectivity index (χ1n) is 19.5. The molecule has 1 saturated heterocycles. The quantitative estimate of drug-likeness (QED) is 0.0491. The highest BCUT2D eigenvalue weighted by Gasteiger charge is 2.49. The number of anilines is 1. The number of nitrogens with zero attached hydrogens (tertiary/aromatic N) is 6. The third kappa shape index (κ3) is 10.8. The molecule has 5 atom stereocenters. The molecule has 3 heterocycles. The van der Waals surface area contributed by atoms with Crippen LogP contribution in [0.1, 0.15) is 22.4 Å². The fourth-order valence-electron chi connectivity index (χ4n) is 6.79. The van der Waals surface area contributed by atoms with Crippen LogP contribution in [-0.2, 0) is 61.4 Å². The van der Waals surface area contributed by atoms with E-state index in [1.54, 1.807) is 6.20 Å². The van der Waals surface area contributed by atoms with Gasteiger partial charge in [-0.2, -0.15) is 0 Å². The second-order valence-electron chi connectivity index (χ2n) is 14.1. The summed E-state index contributed by atoms with van der Waals surface area (Å²) >= 11 is 1.50. The molecule has 1 aliphatic rings. The van der Waals surface area contributed by atoms with E-state index in [0.29, 0.717) is 18.0 Å². The molecule has 0 unspecified atom stereocenters. The Morgan fingerprint density at radius 1 is 0.738 bits per heavy atom. The van der Waals surface area contributed by atoms with Crippen molar-refractivity contribution in [1.29, 1.82) is 0 Å². The second-order valence-corrected chi connectivity index (χ2v) is 15.2. The van der Waals surface area contributed by atoms with Crippen molar-refractivity contribution in [2.24, 2.45) is 0 Å². The van der Waals surface area contributed by atoms with E-state index in [1.165, 1.54) is 28.6 Å². The topological polar surface area (TPSA) is 188 Å². The molecule has 61 heavy (non-hydrogen) atoms. The highest BCUT2D eigenvalue weighted by molar-refractivity contribution is 7.99. The molecule has 0 radical (unpaired) electrons. The van der Waals surface area contributed by atoms with Gasteiger partial charge in [-0.05, 0) is 45.2 Å². The van der Waals surface area contributed by atoms with E-state index in [4.69, 9.17) is 28.3 Å². The minimum atomic E-state index is -0.758. The number of carbonyl (C=O) groups is 1. The lowest BCUT2D eigenvalue weighted by Gasteiger charge is -2.45. The summed E-state index contributed by atoms with van der Waals surface area (Å²) < 4.78 is 39.2. The summed E-state index contributed by atoms with van der Waals surface area (Å²) in [5.74, 6) is -0.572. The molecule has 0 aliphatic carbocycles. The number of aromatic nitrogens is 5. The highest BCUT2D eigenvalue weighted by atomic mass is 32.2. The third-order valence-electron chi connectivity index (χ3n) is 9.78. The first kappa shape index (κ1) is 41.2. The average Bonchev–Trinajstić information content (AvgIpc) is 3.97. The van der Waals surface area contributed by atoms with Crippen LogP contribution in [0.25, 0.3) is 11.0 Å². The molecular weight excluding hydrogens is 803 g/mol. The number of thioether (sulfide) groups is 1. The van der Waals surface area contributed by atoms with Crippen molar-refractivity contribution < 1.29 is 38.0 Å². The van der Waals surface area contributed by atoms with E-state index in [1.807, 2.05) is 121 Å². The molecule has 2 aromatic heterocycles. The maximum Gasteiger partial charge on any atom is 0.327 e. The molecule has 0 saturated carbocycles. The van der Waals surface area contributed by atoms with Crippen LogP contribution < -0.4 is 5.32 Å². The van der Waals surface area contributed by atoms with Crippen LogP contribution in [0.5, 0.6) is 0 Å². The second kappa shape index (κ2) is 20.2. The number of hydrogen-bond acceptors (Lipinski definition) is 15. The highest BCUT2D eigenvalue weighted by Crippen LogP contribution is 2.38. The van der Waals surface area contributed by atoms with Gasteiger partial charge in [0.2, 0.25) is 5.52 Å². The molecule has 17 heteroatoms. The number of fused-ring (bicyclic) bond motifs is 1. The lowest BCUT2D eigenvalue weighted by molar-refractivity contribution is -0.383. The molecule has 7 aromatic rings. The Morgan fingerprint density at radius 2 is 1.31 bits per heavy atom. The van der Waals surface area contributed by atoms with Crippen LogP contribution in [-0.4, -0.2) is 72.7 Å². The van der Waals surface area contributed by atoms with Gasteiger partial charge in [-0.1, -0.05) is 126 Å². The molecule has 0 amide bonds. The van der Waals surface area contributed by atoms with Gasteiger partial charge in [-0.15, -0.1) is 5.10 Å². The van der Waals surface area contributed by atoms with Crippen LogP contribution >= 0.6 is 11.8 Å². The van der Waals surface area contributed by atoms with E-state index < -0.39 is 40.7 Å². The first-order chi connectivity index (χ1) is 30.0. The van der Waals surface area contributed by atoms with E-state index in [0.717, 1.165) is 21.6 Å². The molecule has 0 spiro atoms. The Hall–Kier alpha value is -6.50. The molecule has 1 fully saturated rings. The number of ether oxygens (including phenoxy) is 5. The van der Waals surface area contributed by atoms with Gasteiger partial charge in [0.1, 0.15) is 48.7 Å². The Balaban J connectivity index is 1.00. The maximum absolute atomic E-state index is 13.5. The summed E-state index contributed by atoms with van der Waals surface area (Å²) in [4.78, 5) is 25.2. The average molecular weight is 844 g/mol. The smallest absolute Gasteiger partial charge is 0.327 e. The Morgan fingerprint density at radius 3 is 1.93 bits per heavy atom. The van der Waals surface area contributed by atoms with Gasteiger partial charge in [0.05, 0.1) is 43.2 Å². The van der Waals surface area contributed by atoms with Crippen molar-refractivity contribution in [2.45, 2.75) is 67.7 Å².